The molecular formula is C30H34Cl2FN3O5S. The molecule has 42 heavy (non-hydrogen) atoms. The highest BCUT2D eigenvalue weighted by Crippen LogP contribution is 2.30. The molecule has 0 spiro atoms. The number of nitrogens with zero attached hydrogens (tertiary/aromatic N) is 2. The molecule has 0 bridgehead atoms. The Labute approximate surface area is 256 Å². The zero-order valence-electron chi connectivity index (χ0n) is 23.6. The van der Waals surface area contributed by atoms with Gasteiger partial charge in [-0.3, -0.25) is 14.4 Å². The van der Waals surface area contributed by atoms with E-state index < -0.39 is 21.9 Å². The van der Waals surface area contributed by atoms with Crippen molar-refractivity contribution in [3.63, 3.8) is 0 Å². The molecule has 0 saturated carbocycles. The van der Waals surface area contributed by atoms with Crippen molar-refractivity contribution in [3.05, 3.63) is 87.7 Å². The molecule has 4 rings (SSSR count). The van der Waals surface area contributed by atoms with Crippen molar-refractivity contribution in [2.75, 3.05) is 31.5 Å². The van der Waals surface area contributed by atoms with Crippen molar-refractivity contribution < 1.29 is 27.4 Å². The number of aliphatic hydroxyl groups is 1. The van der Waals surface area contributed by atoms with Gasteiger partial charge in [-0.25, -0.2) is 12.8 Å². The van der Waals surface area contributed by atoms with E-state index in [-0.39, 0.29) is 41.5 Å². The topological polar surface area (TPSA) is 99.2 Å². The van der Waals surface area contributed by atoms with Crippen LogP contribution in [0.1, 0.15) is 25.0 Å². The minimum atomic E-state index is -4.00. The third kappa shape index (κ3) is 7.93. The number of aliphatic hydroxyl groups excluding tert-OH is 1. The van der Waals surface area contributed by atoms with Crippen molar-refractivity contribution in [2.45, 2.75) is 43.9 Å². The summed E-state index contributed by atoms with van der Waals surface area (Å²) in [6.07, 6.45) is -0.401. The Morgan fingerprint density at radius 2 is 1.83 bits per heavy atom. The summed E-state index contributed by atoms with van der Waals surface area (Å²) >= 11 is 12.3. The molecule has 226 valence electrons. The number of benzene rings is 3. The lowest BCUT2D eigenvalue weighted by atomic mass is 10.0. The summed E-state index contributed by atoms with van der Waals surface area (Å²) in [4.78, 5) is 17.1. The van der Waals surface area contributed by atoms with Gasteiger partial charge in [0.05, 0.1) is 34.0 Å². The number of carbonyl (C=O) groups excluding carboxylic acids is 1. The van der Waals surface area contributed by atoms with E-state index in [1.165, 1.54) is 12.1 Å². The van der Waals surface area contributed by atoms with Crippen LogP contribution in [0, 0.1) is 11.7 Å². The zero-order valence-corrected chi connectivity index (χ0v) is 25.9. The Kier molecular flexibility index (Phi) is 10.4. The minimum absolute atomic E-state index is 0.0512. The molecular weight excluding hydrogens is 604 g/mol. The maximum Gasteiger partial charge on any atom is 0.261 e. The van der Waals surface area contributed by atoms with Crippen LogP contribution in [0.2, 0.25) is 10.0 Å². The third-order valence-corrected chi connectivity index (χ3v) is 9.36. The lowest BCUT2D eigenvalue weighted by Crippen LogP contribution is -2.47. The molecule has 8 nitrogen and oxygen atoms in total. The highest BCUT2D eigenvalue weighted by Gasteiger charge is 2.31. The van der Waals surface area contributed by atoms with E-state index in [4.69, 9.17) is 27.9 Å². The van der Waals surface area contributed by atoms with Gasteiger partial charge in [-0.2, -0.15) is 0 Å². The highest BCUT2D eigenvalue weighted by atomic mass is 35.5. The molecule has 0 aromatic heterocycles. The Balaban J connectivity index is 1.62. The molecule has 3 atom stereocenters. The van der Waals surface area contributed by atoms with Gasteiger partial charge in [0.15, 0.2) is 0 Å². The molecule has 0 unspecified atom stereocenters. The molecule has 0 saturated heterocycles. The summed E-state index contributed by atoms with van der Waals surface area (Å²) in [5.41, 5.74) is 1.71. The van der Waals surface area contributed by atoms with Crippen molar-refractivity contribution in [1.82, 2.24) is 9.80 Å². The Morgan fingerprint density at radius 3 is 2.50 bits per heavy atom. The van der Waals surface area contributed by atoms with Crippen molar-refractivity contribution in [2.24, 2.45) is 5.92 Å². The number of carbonyl (C=O) groups is 1. The van der Waals surface area contributed by atoms with Gasteiger partial charge in [-0.15, -0.1) is 0 Å². The predicted octanol–water partition coefficient (Wildman–Crippen LogP) is 5.21. The standard InChI is InChI=1S/C30H34Cl2FN3O5S/c1-19-15-36(20(2)18-37)30(38)14-22-13-24(34-42(39,40)25-8-5-23(33)6-9-25)7-11-28(22)41-29(19)17-35(3)16-21-4-10-26(31)27(32)12-21/h4-13,19-20,29,34,37H,14-18H2,1-3H3/t19-,20+,29-/m0/s1. The van der Waals surface area contributed by atoms with Crippen LogP contribution in [0.5, 0.6) is 5.75 Å². The van der Waals surface area contributed by atoms with Gasteiger partial charge < -0.3 is 14.7 Å². The summed E-state index contributed by atoms with van der Waals surface area (Å²) in [6, 6.07) is 14.3. The molecule has 0 aliphatic carbocycles. The zero-order chi connectivity index (χ0) is 30.6. The van der Waals surface area contributed by atoms with Crippen molar-refractivity contribution in [1.29, 1.82) is 0 Å². The summed E-state index contributed by atoms with van der Waals surface area (Å²) in [5.74, 6) is -0.403. The van der Waals surface area contributed by atoms with Crippen LogP contribution in [-0.4, -0.2) is 68.1 Å². The molecule has 3 aromatic carbocycles. The Bertz CT molecular complexity index is 1520. The number of ether oxygens (including phenoxy) is 1. The first-order valence-electron chi connectivity index (χ1n) is 13.5. The number of hydrogen-bond acceptors (Lipinski definition) is 6. The number of sulfonamides is 1. The van der Waals surface area contributed by atoms with Crippen LogP contribution < -0.4 is 9.46 Å². The van der Waals surface area contributed by atoms with Crippen molar-refractivity contribution in [3.8, 4) is 5.75 Å². The van der Waals surface area contributed by atoms with E-state index in [9.17, 15) is 22.7 Å². The highest BCUT2D eigenvalue weighted by molar-refractivity contribution is 7.92. The fourth-order valence-electron chi connectivity index (χ4n) is 4.86. The van der Waals surface area contributed by atoms with Crippen LogP contribution >= 0.6 is 23.2 Å². The maximum atomic E-state index is 13.5. The summed E-state index contributed by atoms with van der Waals surface area (Å²) in [6.45, 7) is 5.03. The number of amides is 1. The first-order valence-corrected chi connectivity index (χ1v) is 15.7. The van der Waals surface area contributed by atoms with E-state index in [1.54, 1.807) is 36.1 Å². The Hall–Kier alpha value is -2.89. The second-order valence-electron chi connectivity index (χ2n) is 10.7. The predicted molar refractivity (Wildman–Crippen MR) is 162 cm³/mol. The van der Waals surface area contributed by atoms with E-state index in [2.05, 4.69) is 9.62 Å². The molecule has 0 fully saturated rings. The van der Waals surface area contributed by atoms with Gasteiger partial charge in [0, 0.05) is 36.8 Å². The number of rotatable bonds is 9. The average molecular weight is 639 g/mol. The second kappa shape index (κ2) is 13.6. The fourth-order valence-corrected chi connectivity index (χ4v) is 6.23. The molecule has 1 heterocycles. The lowest BCUT2D eigenvalue weighted by molar-refractivity contribution is -0.134. The largest absolute Gasteiger partial charge is 0.488 e. The quantitative estimate of drug-likeness (QED) is 0.334. The first-order chi connectivity index (χ1) is 19.9. The minimum Gasteiger partial charge on any atom is -0.488 e. The lowest BCUT2D eigenvalue weighted by Gasteiger charge is -2.34. The van der Waals surface area contributed by atoms with Gasteiger partial charge in [0.1, 0.15) is 17.7 Å². The monoisotopic (exact) mass is 637 g/mol. The molecule has 0 radical (unpaired) electrons. The van der Waals surface area contributed by atoms with Crippen LogP contribution in [-0.2, 0) is 27.8 Å². The smallest absolute Gasteiger partial charge is 0.261 e. The van der Waals surface area contributed by atoms with Gasteiger partial charge in [0.2, 0.25) is 5.91 Å². The number of anilines is 1. The summed E-state index contributed by atoms with van der Waals surface area (Å²) in [5, 5.41) is 10.8. The van der Waals surface area contributed by atoms with E-state index in [0.717, 1.165) is 17.7 Å². The van der Waals surface area contributed by atoms with Crippen LogP contribution in [0.15, 0.2) is 65.6 Å². The van der Waals surface area contributed by atoms with E-state index in [0.29, 0.717) is 41.0 Å². The maximum absolute atomic E-state index is 13.5. The van der Waals surface area contributed by atoms with Crippen molar-refractivity contribution >= 4 is 44.8 Å². The molecule has 2 N–H and O–H groups in total. The SMILES string of the molecule is C[C@H](CO)N1C[C@H](C)[C@H](CN(C)Cc2ccc(Cl)c(Cl)c2)Oc2ccc(NS(=O)(=O)c3ccc(F)cc3)cc2CC1=O. The van der Waals surface area contributed by atoms with Gasteiger partial charge in [0.25, 0.3) is 10.0 Å². The number of hydrogen-bond donors (Lipinski definition) is 2. The number of halogens is 3. The van der Waals surface area contributed by atoms with E-state index in [1.807, 2.05) is 26.1 Å². The van der Waals surface area contributed by atoms with Crippen LogP contribution in [0.25, 0.3) is 0 Å². The molecule has 1 aliphatic heterocycles. The summed E-state index contributed by atoms with van der Waals surface area (Å²) < 4.78 is 48.2. The molecule has 1 aliphatic rings. The van der Waals surface area contributed by atoms with Crippen LogP contribution in [0.3, 0.4) is 0 Å². The number of likely N-dealkylation sites (N-methyl/N-ethyl adjacent to an activating group) is 1. The first kappa shape index (κ1) is 32.0. The van der Waals surface area contributed by atoms with E-state index >= 15 is 0 Å². The number of nitrogens with one attached hydrogen (secondary N) is 1. The van der Waals surface area contributed by atoms with Crippen LogP contribution in [0.4, 0.5) is 10.1 Å². The average Bonchev–Trinajstić information content (AvgIpc) is 2.98. The normalized spacial score (nSPS) is 18.5. The summed E-state index contributed by atoms with van der Waals surface area (Å²) in [7, 11) is -2.05. The third-order valence-electron chi connectivity index (χ3n) is 7.22. The molecule has 3 aromatic rings. The fraction of sp³-hybridized carbons (Fsp3) is 0.367. The Morgan fingerprint density at radius 1 is 1.12 bits per heavy atom. The molecule has 1 amide bonds. The second-order valence-corrected chi connectivity index (χ2v) is 13.2. The van der Waals surface area contributed by atoms with Gasteiger partial charge in [-0.05, 0) is 74.1 Å². The van der Waals surface area contributed by atoms with Gasteiger partial charge >= 0.3 is 0 Å². The molecule has 12 heteroatoms. The number of fused-ring (bicyclic) bond motifs is 1. The van der Waals surface area contributed by atoms with Gasteiger partial charge in [-0.1, -0.05) is 36.2 Å².